The van der Waals surface area contributed by atoms with Crippen LogP contribution in [0, 0.1) is 0 Å². The van der Waals surface area contributed by atoms with E-state index in [9.17, 15) is 0 Å². The summed E-state index contributed by atoms with van der Waals surface area (Å²) < 4.78 is 0. The van der Waals surface area contributed by atoms with Gasteiger partial charge in [0.1, 0.15) is 0 Å². The van der Waals surface area contributed by atoms with E-state index in [1.54, 1.807) is 11.3 Å². The average Bonchev–Trinajstić information content (AvgIpc) is 3.44. The molecule has 4 aromatic rings. The largest absolute Gasteiger partial charge is 0.351 e. The minimum Gasteiger partial charge on any atom is -0.351 e. The van der Waals surface area contributed by atoms with Crippen LogP contribution < -0.4 is 11.1 Å². The summed E-state index contributed by atoms with van der Waals surface area (Å²) in [6.45, 7) is 0. The lowest BCUT2D eigenvalue weighted by molar-refractivity contribution is 0.410. The molecule has 3 heterocycles. The van der Waals surface area contributed by atoms with Crippen molar-refractivity contribution in [1.29, 1.82) is 0 Å². The standard InChI is InChI=1S/C23H26N6S/c24-18-6-8-19(9-7-18)26-23-25-13-20-21(28-29-22(20)27-23)17-3-1-2-15(12-17)4-5-16-10-11-30-14-16/h1-3,10-14,18-19H,4-9,24H2,(H2,25,26,27,28,29). The molecular formula is C23H26N6S. The van der Waals surface area contributed by atoms with Gasteiger partial charge in [0, 0.05) is 23.8 Å². The van der Waals surface area contributed by atoms with Gasteiger partial charge in [0.15, 0.2) is 5.65 Å². The van der Waals surface area contributed by atoms with Gasteiger partial charge in [-0.3, -0.25) is 5.10 Å². The van der Waals surface area contributed by atoms with Gasteiger partial charge < -0.3 is 11.1 Å². The van der Waals surface area contributed by atoms with Crippen molar-refractivity contribution < 1.29 is 0 Å². The average molecular weight is 419 g/mol. The number of rotatable bonds is 6. The molecule has 0 amide bonds. The molecule has 7 heteroatoms. The Hall–Kier alpha value is -2.77. The molecule has 4 N–H and O–H groups in total. The maximum atomic E-state index is 6.00. The number of aromatic nitrogens is 4. The molecule has 5 rings (SSSR count). The van der Waals surface area contributed by atoms with E-state index in [-0.39, 0.29) is 0 Å². The molecule has 154 valence electrons. The summed E-state index contributed by atoms with van der Waals surface area (Å²) in [5.41, 5.74) is 11.5. The van der Waals surface area contributed by atoms with E-state index >= 15 is 0 Å². The molecule has 1 aliphatic rings. The molecule has 0 bridgehead atoms. The molecule has 1 aromatic carbocycles. The van der Waals surface area contributed by atoms with Gasteiger partial charge >= 0.3 is 0 Å². The maximum absolute atomic E-state index is 6.00. The SMILES string of the molecule is NC1CCC(Nc2ncc3c(-c4cccc(CCc5ccsc5)c4)[nH]nc3n2)CC1. The van der Waals surface area contributed by atoms with Crippen LogP contribution in [0.4, 0.5) is 5.95 Å². The number of hydrogen-bond donors (Lipinski definition) is 3. The van der Waals surface area contributed by atoms with E-state index in [4.69, 9.17) is 5.73 Å². The van der Waals surface area contributed by atoms with E-state index < -0.39 is 0 Å². The number of hydrogen-bond acceptors (Lipinski definition) is 6. The van der Waals surface area contributed by atoms with Gasteiger partial charge in [-0.15, -0.1) is 0 Å². The van der Waals surface area contributed by atoms with Gasteiger partial charge in [0.2, 0.25) is 5.95 Å². The van der Waals surface area contributed by atoms with E-state index in [0.29, 0.717) is 23.7 Å². The molecule has 0 spiro atoms. The highest BCUT2D eigenvalue weighted by Gasteiger charge is 2.19. The Morgan fingerprint density at radius 3 is 2.80 bits per heavy atom. The zero-order valence-corrected chi connectivity index (χ0v) is 17.7. The zero-order valence-electron chi connectivity index (χ0n) is 16.8. The summed E-state index contributed by atoms with van der Waals surface area (Å²) in [6.07, 6.45) is 8.17. The van der Waals surface area contributed by atoms with Crippen molar-refractivity contribution in [1.82, 2.24) is 20.2 Å². The van der Waals surface area contributed by atoms with Crippen LogP contribution in [0.1, 0.15) is 36.8 Å². The number of fused-ring (bicyclic) bond motifs is 1. The lowest BCUT2D eigenvalue weighted by atomic mass is 9.92. The molecule has 1 aliphatic carbocycles. The monoisotopic (exact) mass is 418 g/mol. The number of thiophene rings is 1. The highest BCUT2D eigenvalue weighted by Crippen LogP contribution is 2.27. The molecule has 0 saturated heterocycles. The predicted octanol–water partition coefficient (Wildman–Crippen LogP) is 4.55. The Morgan fingerprint density at radius 2 is 1.97 bits per heavy atom. The number of nitrogens with two attached hydrogens (primary N) is 1. The smallest absolute Gasteiger partial charge is 0.224 e. The lowest BCUT2D eigenvalue weighted by Crippen LogP contribution is -2.33. The van der Waals surface area contributed by atoms with Crippen molar-refractivity contribution in [3.63, 3.8) is 0 Å². The second-order valence-corrected chi connectivity index (χ2v) is 8.90. The molecule has 0 atom stereocenters. The van der Waals surface area contributed by atoms with Crippen LogP contribution in [0.2, 0.25) is 0 Å². The quantitative estimate of drug-likeness (QED) is 0.427. The van der Waals surface area contributed by atoms with Gasteiger partial charge in [0.25, 0.3) is 0 Å². The number of benzene rings is 1. The molecule has 3 aromatic heterocycles. The molecule has 1 saturated carbocycles. The highest BCUT2D eigenvalue weighted by atomic mass is 32.1. The van der Waals surface area contributed by atoms with E-state index in [1.807, 2.05) is 6.20 Å². The Morgan fingerprint density at radius 1 is 1.10 bits per heavy atom. The van der Waals surface area contributed by atoms with Crippen LogP contribution in [-0.4, -0.2) is 32.2 Å². The maximum Gasteiger partial charge on any atom is 0.224 e. The number of aromatic amines is 1. The van der Waals surface area contributed by atoms with Crippen molar-refractivity contribution in [2.75, 3.05) is 5.32 Å². The van der Waals surface area contributed by atoms with Crippen molar-refractivity contribution >= 4 is 28.3 Å². The second-order valence-electron chi connectivity index (χ2n) is 8.12. The molecule has 30 heavy (non-hydrogen) atoms. The Bertz CT molecular complexity index is 1110. The van der Waals surface area contributed by atoms with Crippen molar-refractivity contribution in [2.45, 2.75) is 50.6 Å². The van der Waals surface area contributed by atoms with Crippen molar-refractivity contribution in [3.05, 3.63) is 58.4 Å². The van der Waals surface area contributed by atoms with Crippen LogP contribution >= 0.6 is 11.3 Å². The molecule has 0 aliphatic heterocycles. The van der Waals surface area contributed by atoms with Crippen molar-refractivity contribution in [2.24, 2.45) is 5.73 Å². The number of aryl methyl sites for hydroxylation is 2. The number of anilines is 1. The molecule has 6 nitrogen and oxygen atoms in total. The summed E-state index contributed by atoms with van der Waals surface area (Å²) in [7, 11) is 0. The van der Waals surface area contributed by atoms with Crippen LogP contribution in [0.5, 0.6) is 0 Å². The van der Waals surface area contributed by atoms with Gasteiger partial charge in [-0.2, -0.15) is 21.4 Å². The fourth-order valence-corrected chi connectivity index (χ4v) is 4.85. The Balaban J connectivity index is 1.33. The minimum atomic E-state index is 0.335. The van der Waals surface area contributed by atoms with E-state index in [2.05, 4.69) is 66.6 Å². The zero-order chi connectivity index (χ0) is 20.3. The van der Waals surface area contributed by atoms with Gasteiger partial charge in [-0.25, -0.2) is 4.98 Å². The first-order chi connectivity index (χ1) is 14.7. The van der Waals surface area contributed by atoms with Crippen LogP contribution in [0.3, 0.4) is 0 Å². The fraction of sp³-hybridized carbons (Fsp3) is 0.348. The number of nitrogens with one attached hydrogen (secondary N) is 2. The van der Waals surface area contributed by atoms with Gasteiger partial charge in [-0.1, -0.05) is 18.2 Å². The van der Waals surface area contributed by atoms with Crippen LogP contribution in [-0.2, 0) is 12.8 Å². The van der Waals surface area contributed by atoms with E-state index in [1.165, 1.54) is 11.1 Å². The summed E-state index contributed by atoms with van der Waals surface area (Å²) in [5.74, 6) is 0.644. The van der Waals surface area contributed by atoms with Gasteiger partial charge in [-0.05, 0) is 72.5 Å². The lowest BCUT2D eigenvalue weighted by Gasteiger charge is -2.26. The first-order valence-corrected chi connectivity index (χ1v) is 11.5. The fourth-order valence-electron chi connectivity index (χ4n) is 4.15. The minimum absolute atomic E-state index is 0.335. The summed E-state index contributed by atoms with van der Waals surface area (Å²) in [5, 5.41) is 16.4. The summed E-state index contributed by atoms with van der Waals surface area (Å²) in [6, 6.07) is 11.6. The molecule has 0 unspecified atom stereocenters. The number of nitrogens with zero attached hydrogens (tertiary/aromatic N) is 3. The van der Waals surface area contributed by atoms with Crippen LogP contribution in [0.15, 0.2) is 47.3 Å². The Kier molecular flexibility index (Phi) is 5.46. The van der Waals surface area contributed by atoms with Crippen LogP contribution in [0.25, 0.3) is 22.3 Å². The third kappa shape index (κ3) is 4.22. The second kappa shape index (κ2) is 8.53. The molecular weight excluding hydrogens is 392 g/mol. The number of H-pyrrole nitrogens is 1. The van der Waals surface area contributed by atoms with Crippen molar-refractivity contribution in [3.8, 4) is 11.3 Å². The predicted molar refractivity (Wildman–Crippen MR) is 123 cm³/mol. The first-order valence-electron chi connectivity index (χ1n) is 10.6. The topological polar surface area (TPSA) is 92.5 Å². The third-order valence-corrected chi connectivity index (χ3v) is 6.65. The first kappa shape index (κ1) is 19.2. The molecule has 1 fully saturated rings. The highest BCUT2D eigenvalue weighted by molar-refractivity contribution is 7.07. The molecule has 0 radical (unpaired) electrons. The Labute approximate surface area is 180 Å². The van der Waals surface area contributed by atoms with Gasteiger partial charge in [0.05, 0.1) is 11.1 Å². The normalized spacial score (nSPS) is 19.2. The summed E-state index contributed by atoms with van der Waals surface area (Å²) >= 11 is 1.75. The third-order valence-electron chi connectivity index (χ3n) is 5.91. The van der Waals surface area contributed by atoms with E-state index in [0.717, 1.165) is 55.2 Å². The summed E-state index contributed by atoms with van der Waals surface area (Å²) in [4.78, 5) is 9.19.